The van der Waals surface area contributed by atoms with E-state index in [1.54, 1.807) is 0 Å². The van der Waals surface area contributed by atoms with E-state index in [1.807, 2.05) is 6.07 Å². The lowest BCUT2D eigenvalue weighted by atomic mass is 9.72. The largest absolute Gasteiger partial charge is 0.271 e. The van der Waals surface area contributed by atoms with E-state index in [1.165, 1.54) is 30.4 Å². The summed E-state index contributed by atoms with van der Waals surface area (Å²) in [5.41, 5.74) is 5.55. The number of hydrazine groups is 1. The van der Waals surface area contributed by atoms with Crippen LogP contribution in [-0.4, -0.2) is 0 Å². The molecule has 106 valence electrons. The molecule has 0 heterocycles. The van der Waals surface area contributed by atoms with Crippen molar-refractivity contribution < 1.29 is 0 Å². The predicted molar refractivity (Wildman–Crippen MR) is 81.9 cm³/mol. The molecule has 0 radical (unpaired) electrons. The minimum atomic E-state index is 0.216. The summed E-state index contributed by atoms with van der Waals surface area (Å²) in [6.45, 7) is 6.84. The van der Waals surface area contributed by atoms with Gasteiger partial charge in [-0.3, -0.25) is 11.3 Å². The van der Waals surface area contributed by atoms with Crippen LogP contribution < -0.4 is 11.3 Å². The summed E-state index contributed by atoms with van der Waals surface area (Å²) in [6.07, 6.45) is 3.78. The van der Waals surface area contributed by atoms with Gasteiger partial charge in [-0.05, 0) is 60.8 Å². The quantitative estimate of drug-likeness (QED) is 0.642. The lowest BCUT2D eigenvalue weighted by molar-refractivity contribution is 0.171. The summed E-state index contributed by atoms with van der Waals surface area (Å²) in [4.78, 5) is 0. The topological polar surface area (TPSA) is 38.0 Å². The van der Waals surface area contributed by atoms with Crippen LogP contribution in [0.2, 0.25) is 5.02 Å². The van der Waals surface area contributed by atoms with Crippen molar-refractivity contribution in [1.29, 1.82) is 0 Å². The Hall–Kier alpha value is -0.570. The second-order valence-electron chi connectivity index (χ2n) is 6.17. The molecule has 0 bridgehead atoms. The zero-order valence-electron chi connectivity index (χ0n) is 12.1. The highest BCUT2D eigenvalue weighted by Gasteiger charge is 2.31. The van der Waals surface area contributed by atoms with Crippen molar-refractivity contribution in [3.63, 3.8) is 0 Å². The zero-order valence-corrected chi connectivity index (χ0v) is 12.9. The number of hydrogen-bond acceptors (Lipinski definition) is 2. The Bertz CT molecular complexity index is 433. The van der Waals surface area contributed by atoms with E-state index in [0.29, 0.717) is 5.92 Å². The Balaban J connectivity index is 2.22. The molecular formula is C16H25ClN2. The maximum absolute atomic E-state index is 6.14. The normalized spacial score (nSPS) is 29.2. The Morgan fingerprint density at radius 2 is 2.00 bits per heavy atom. The lowest BCUT2D eigenvalue weighted by Crippen LogP contribution is -2.37. The number of rotatable bonds is 3. The van der Waals surface area contributed by atoms with E-state index in [4.69, 9.17) is 17.4 Å². The molecule has 4 unspecified atom stereocenters. The van der Waals surface area contributed by atoms with Crippen molar-refractivity contribution in [3.05, 3.63) is 34.3 Å². The Morgan fingerprint density at radius 3 is 2.63 bits per heavy atom. The van der Waals surface area contributed by atoms with Gasteiger partial charge in [0.2, 0.25) is 0 Å². The number of halogens is 1. The molecule has 1 aliphatic carbocycles. The minimum Gasteiger partial charge on any atom is -0.271 e. The molecule has 0 saturated heterocycles. The van der Waals surface area contributed by atoms with Crippen LogP contribution in [0.1, 0.15) is 50.3 Å². The van der Waals surface area contributed by atoms with E-state index in [-0.39, 0.29) is 6.04 Å². The number of aryl methyl sites for hydroxylation is 1. The van der Waals surface area contributed by atoms with Gasteiger partial charge in [-0.1, -0.05) is 37.9 Å². The third kappa shape index (κ3) is 3.31. The first-order valence-corrected chi connectivity index (χ1v) is 7.63. The van der Waals surface area contributed by atoms with E-state index in [2.05, 4.69) is 38.3 Å². The van der Waals surface area contributed by atoms with Crippen molar-refractivity contribution in [1.82, 2.24) is 5.43 Å². The van der Waals surface area contributed by atoms with Crippen LogP contribution in [0.15, 0.2) is 18.2 Å². The van der Waals surface area contributed by atoms with Gasteiger partial charge in [-0.25, -0.2) is 0 Å². The molecule has 0 spiro atoms. The number of nitrogens with one attached hydrogen (secondary N) is 1. The summed E-state index contributed by atoms with van der Waals surface area (Å²) in [5, 5.41) is 0.790. The van der Waals surface area contributed by atoms with Gasteiger partial charge in [0.15, 0.2) is 0 Å². The van der Waals surface area contributed by atoms with Crippen LogP contribution >= 0.6 is 11.6 Å². The lowest BCUT2D eigenvalue weighted by Gasteiger charge is -2.37. The predicted octanol–water partition coefficient (Wildman–Crippen LogP) is 4.23. The van der Waals surface area contributed by atoms with Gasteiger partial charge in [0, 0.05) is 11.1 Å². The minimum absolute atomic E-state index is 0.216. The van der Waals surface area contributed by atoms with E-state index < -0.39 is 0 Å². The van der Waals surface area contributed by atoms with Crippen molar-refractivity contribution >= 4 is 11.6 Å². The van der Waals surface area contributed by atoms with Gasteiger partial charge < -0.3 is 0 Å². The maximum Gasteiger partial charge on any atom is 0.0491 e. The first-order valence-electron chi connectivity index (χ1n) is 7.25. The van der Waals surface area contributed by atoms with Crippen LogP contribution in [0.3, 0.4) is 0 Å². The molecule has 1 fully saturated rings. The standard InChI is InChI=1S/C16H25ClN2/c1-10-4-6-13(8-12(10)3)16(19-18)15-9-14(17)7-5-11(15)2/h5,7,9-10,12-13,16,19H,4,6,8,18H2,1-3H3. The van der Waals surface area contributed by atoms with Crippen LogP contribution in [0, 0.1) is 24.7 Å². The Kier molecular flexibility index (Phi) is 4.88. The molecule has 2 rings (SSSR count). The smallest absolute Gasteiger partial charge is 0.0491 e. The van der Waals surface area contributed by atoms with Crippen molar-refractivity contribution in [2.45, 2.75) is 46.1 Å². The van der Waals surface area contributed by atoms with Crippen molar-refractivity contribution in [2.75, 3.05) is 0 Å². The van der Waals surface area contributed by atoms with Gasteiger partial charge in [0.1, 0.15) is 0 Å². The number of nitrogens with two attached hydrogens (primary N) is 1. The fourth-order valence-corrected chi connectivity index (χ4v) is 3.50. The van der Waals surface area contributed by atoms with Crippen molar-refractivity contribution in [2.24, 2.45) is 23.6 Å². The first-order chi connectivity index (χ1) is 9.02. The van der Waals surface area contributed by atoms with Crippen molar-refractivity contribution in [3.8, 4) is 0 Å². The first kappa shape index (κ1) is 14.8. The second-order valence-corrected chi connectivity index (χ2v) is 6.61. The highest BCUT2D eigenvalue weighted by Crippen LogP contribution is 2.40. The summed E-state index contributed by atoms with van der Waals surface area (Å²) < 4.78 is 0. The third-order valence-electron chi connectivity index (χ3n) is 4.87. The van der Waals surface area contributed by atoms with E-state index in [9.17, 15) is 0 Å². The Labute approximate surface area is 121 Å². The second kappa shape index (κ2) is 6.25. The highest BCUT2D eigenvalue weighted by molar-refractivity contribution is 6.30. The van der Waals surface area contributed by atoms with Crippen LogP contribution in [0.25, 0.3) is 0 Å². The van der Waals surface area contributed by atoms with Gasteiger partial charge in [-0.15, -0.1) is 0 Å². The molecule has 1 saturated carbocycles. The molecule has 1 aliphatic rings. The molecule has 0 amide bonds. The van der Waals surface area contributed by atoms with E-state index >= 15 is 0 Å². The molecule has 1 aromatic rings. The summed E-state index contributed by atoms with van der Waals surface area (Å²) >= 11 is 6.14. The average Bonchev–Trinajstić information content (AvgIpc) is 2.38. The zero-order chi connectivity index (χ0) is 14.0. The molecule has 0 aliphatic heterocycles. The van der Waals surface area contributed by atoms with Gasteiger partial charge in [-0.2, -0.15) is 0 Å². The number of benzene rings is 1. The third-order valence-corrected chi connectivity index (χ3v) is 5.10. The van der Waals surface area contributed by atoms with Crippen LogP contribution in [0.5, 0.6) is 0 Å². The monoisotopic (exact) mass is 280 g/mol. The summed E-state index contributed by atoms with van der Waals surface area (Å²) in [7, 11) is 0. The average molecular weight is 281 g/mol. The molecule has 0 aromatic heterocycles. The molecule has 3 N–H and O–H groups in total. The van der Waals surface area contributed by atoms with Crippen LogP contribution in [-0.2, 0) is 0 Å². The molecule has 2 nitrogen and oxygen atoms in total. The number of hydrogen-bond donors (Lipinski definition) is 2. The Morgan fingerprint density at radius 1 is 1.26 bits per heavy atom. The molecule has 1 aromatic carbocycles. The maximum atomic E-state index is 6.14. The molecule has 3 heteroatoms. The summed E-state index contributed by atoms with van der Waals surface area (Å²) in [6, 6.07) is 6.30. The summed E-state index contributed by atoms with van der Waals surface area (Å²) in [5.74, 6) is 8.05. The van der Waals surface area contributed by atoms with Gasteiger partial charge in [0.05, 0.1) is 0 Å². The van der Waals surface area contributed by atoms with Gasteiger partial charge >= 0.3 is 0 Å². The SMILES string of the molecule is Cc1ccc(Cl)cc1C(NN)C1CCC(C)C(C)C1. The fourth-order valence-electron chi connectivity index (χ4n) is 3.32. The highest BCUT2D eigenvalue weighted by atomic mass is 35.5. The molecular weight excluding hydrogens is 256 g/mol. The van der Waals surface area contributed by atoms with Crippen LogP contribution in [0.4, 0.5) is 0 Å². The molecule has 4 atom stereocenters. The molecule has 19 heavy (non-hydrogen) atoms. The fraction of sp³-hybridized carbons (Fsp3) is 0.625. The van der Waals surface area contributed by atoms with E-state index in [0.717, 1.165) is 16.9 Å². The van der Waals surface area contributed by atoms with Gasteiger partial charge in [0.25, 0.3) is 0 Å².